The number of hydrogen-bond acceptors (Lipinski definition) is 4. The summed E-state index contributed by atoms with van der Waals surface area (Å²) in [7, 11) is 0. The van der Waals surface area contributed by atoms with Gasteiger partial charge in [-0.3, -0.25) is 4.79 Å². The highest BCUT2D eigenvalue weighted by Crippen LogP contribution is 2.31. The van der Waals surface area contributed by atoms with Crippen molar-refractivity contribution in [1.29, 1.82) is 0 Å². The summed E-state index contributed by atoms with van der Waals surface area (Å²) >= 11 is 0. The van der Waals surface area contributed by atoms with Crippen LogP contribution in [0.4, 0.5) is 0 Å². The molecule has 0 saturated carbocycles. The summed E-state index contributed by atoms with van der Waals surface area (Å²) in [5.74, 6) is 1.56. The molecule has 33 heavy (non-hydrogen) atoms. The molecule has 170 valence electrons. The number of hydrogen-bond donors (Lipinski definition) is 1. The Hall–Kier alpha value is -3.31. The molecule has 3 aromatic rings. The average Bonchev–Trinajstić information content (AvgIpc) is 3.37. The number of carbonyl (C=O) groups is 1. The number of carbonyl (C=O) groups excluding carboxylic acids is 1. The molecule has 1 unspecified atom stereocenters. The summed E-state index contributed by atoms with van der Waals surface area (Å²) in [6, 6.07) is 24.2. The van der Waals surface area contributed by atoms with Gasteiger partial charge in [-0.15, -0.1) is 0 Å². The molecule has 2 heterocycles. The van der Waals surface area contributed by atoms with Crippen molar-refractivity contribution in [2.24, 2.45) is 0 Å². The second-order valence-electron chi connectivity index (χ2n) is 8.80. The summed E-state index contributed by atoms with van der Waals surface area (Å²) in [6.45, 7) is 4.20. The van der Waals surface area contributed by atoms with E-state index >= 15 is 0 Å². The minimum atomic E-state index is -0.0312. The van der Waals surface area contributed by atoms with Gasteiger partial charge in [0.1, 0.15) is 13.2 Å². The molecular weight excluding hydrogens is 412 g/mol. The van der Waals surface area contributed by atoms with Gasteiger partial charge in [0.15, 0.2) is 11.5 Å². The highest BCUT2D eigenvalue weighted by atomic mass is 16.6. The van der Waals surface area contributed by atoms with Crippen LogP contribution in [0.5, 0.6) is 11.5 Å². The van der Waals surface area contributed by atoms with Crippen LogP contribution in [0.15, 0.2) is 72.8 Å². The van der Waals surface area contributed by atoms with E-state index in [9.17, 15) is 4.79 Å². The van der Waals surface area contributed by atoms with E-state index in [0.29, 0.717) is 18.8 Å². The van der Waals surface area contributed by atoms with Crippen molar-refractivity contribution in [3.8, 4) is 22.6 Å². The van der Waals surface area contributed by atoms with Gasteiger partial charge in [-0.2, -0.15) is 0 Å². The maximum Gasteiger partial charge on any atom is 0.251 e. The Morgan fingerprint density at radius 3 is 2.30 bits per heavy atom. The fourth-order valence-electron chi connectivity index (χ4n) is 4.65. The van der Waals surface area contributed by atoms with Crippen molar-refractivity contribution in [3.63, 3.8) is 0 Å². The zero-order chi connectivity index (χ0) is 22.5. The third-order valence-corrected chi connectivity index (χ3v) is 6.36. The molecule has 2 aliphatic rings. The number of rotatable bonds is 7. The molecule has 1 saturated heterocycles. The van der Waals surface area contributed by atoms with E-state index in [4.69, 9.17) is 9.47 Å². The first-order chi connectivity index (χ1) is 16.2. The van der Waals surface area contributed by atoms with Crippen LogP contribution in [0.1, 0.15) is 28.8 Å². The van der Waals surface area contributed by atoms with E-state index in [-0.39, 0.29) is 11.9 Å². The number of nitrogens with zero attached hydrogens (tertiary/aromatic N) is 1. The Kier molecular flexibility index (Phi) is 6.58. The lowest BCUT2D eigenvalue weighted by molar-refractivity contribution is 0.0927. The number of likely N-dealkylation sites (tertiary alicyclic amines) is 1. The first kappa shape index (κ1) is 21.5. The molecule has 5 heteroatoms. The first-order valence-corrected chi connectivity index (χ1v) is 11.8. The highest BCUT2D eigenvalue weighted by Gasteiger charge is 2.21. The normalized spacial score (nSPS) is 16.4. The number of ether oxygens (including phenoxy) is 2. The van der Waals surface area contributed by atoms with E-state index in [1.807, 2.05) is 54.6 Å². The monoisotopic (exact) mass is 442 g/mol. The molecule has 3 aromatic carbocycles. The van der Waals surface area contributed by atoms with E-state index in [1.165, 1.54) is 12.8 Å². The molecule has 5 rings (SSSR count). The molecule has 0 aromatic heterocycles. The topological polar surface area (TPSA) is 50.8 Å². The Morgan fingerprint density at radius 2 is 1.55 bits per heavy atom. The maximum absolute atomic E-state index is 13.1. The molecule has 1 amide bonds. The lowest BCUT2D eigenvalue weighted by Crippen LogP contribution is -2.44. The van der Waals surface area contributed by atoms with Crippen LogP contribution < -0.4 is 14.8 Å². The SMILES string of the molecule is O=C(NC(Cc1ccc2c(c1)OCCO2)CN1CCCC1)c1ccc(-c2ccccc2)cc1. The third-order valence-electron chi connectivity index (χ3n) is 6.36. The van der Waals surface area contributed by atoms with Gasteiger partial charge >= 0.3 is 0 Å². The Bertz CT molecular complexity index is 1080. The minimum absolute atomic E-state index is 0.0203. The number of nitrogens with one attached hydrogen (secondary N) is 1. The van der Waals surface area contributed by atoms with Gasteiger partial charge in [-0.1, -0.05) is 48.5 Å². The lowest BCUT2D eigenvalue weighted by Gasteiger charge is -2.25. The molecule has 5 nitrogen and oxygen atoms in total. The molecule has 1 N–H and O–H groups in total. The zero-order valence-corrected chi connectivity index (χ0v) is 18.8. The van der Waals surface area contributed by atoms with Crippen LogP contribution in [0.2, 0.25) is 0 Å². The van der Waals surface area contributed by atoms with E-state index < -0.39 is 0 Å². The Labute approximate surface area is 195 Å². The number of benzene rings is 3. The average molecular weight is 443 g/mol. The van der Waals surface area contributed by atoms with Gasteiger partial charge in [0, 0.05) is 18.2 Å². The highest BCUT2D eigenvalue weighted by molar-refractivity contribution is 5.94. The first-order valence-electron chi connectivity index (χ1n) is 11.8. The number of fused-ring (bicyclic) bond motifs is 1. The van der Waals surface area contributed by atoms with Gasteiger partial charge in [-0.05, 0) is 73.3 Å². The quantitative estimate of drug-likeness (QED) is 0.583. The Morgan fingerprint density at radius 1 is 0.848 bits per heavy atom. The zero-order valence-electron chi connectivity index (χ0n) is 18.8. The van der Waals surface area contributed by atoms with E-state index in [0.717, 1.165) is 54.2 Å². The number of amides is 1. The summed E-state index contributed by atoms with van der Waals surface area (Å²) in [5, 5.41) is 3.30. The van der Waals surface area contributed by atoms with E-state index in [1.54, 1.807) is 0 Å². The van der Waals surface area contributed by atoms with E-state index in [2.05, 4.69) is 28.4 Å². The van der Waals surface area contributed by atoms with Crippen molar-refractivity contribution in [3.05, 3.63) is 83.9 Å². The third kappa shape index (κ3) is 5.37. The summed E-state index contributed by atoms with van der Waals surface area (Å²) in [4.78, 5) is 15.6. The van der Waals surface area contributed by atoms with Gasteiger partial charge < -0.3 is 19.7 Å². The second kappa shape index (κ2) is 10.1. The maximum atomic E-state index is 13.1. The standard InChI is InChI=1S/C28H30N2O3/c31-28(24-11-9-23(10-12-24)22-6-2-1-3-7-22)29-25(20-30-14-4-5-15-30)18-21-8-13-26-27(19-21)33-17-16-32-26/h1-3,6-13,19,25H,4-5,14-18,20H2,(H,29,31). The molecule has 0 spiro atoms. The van der Waals surface area contributed by atoms with Crippen molar-refractivity contribution < 1.29 is 14.3 Å². The van der Waals surface area contributed by atoms with Crippen LogP contribution in [0.3, 0.4) is 0 Å². The molecular formula is C28H30N2O3. The summed E-state index contributed by atoms with van der Waals surface area (Å²) in [5.41, 5.74) is 4.08. The Balaban J connectivity index is 1.29. The fraction of sp³-hybridized carbons (Fsp3) is 0.321. The van der Waals surface area contributed by atoms with Crippen molar-refractivity contribution in [2.45, 2.75) is 25.3 Å². The summed E-state index contributed by atoms with van der Waals surface area (Å²) in [6.07, 6.45) is 3.21. The van der Waals surface area contributed by atoms with Crippen molar-refractivity contribution in [1.82, 2.24) is 10.2 Å². The second-order valence-corrected chi connectivity index (χ2v) is 8.80. The van der Waals surface area contributed by atoms with Crippen LogP contribution in [-0.4, -0.2) is 49.7 Å². The summed E-state index contributed by atoms with van der Waals surface area (Å²) < 4.78 is 11.4. The van der Waals surface area contributed by atoms with Crippen molar-refractivity contribution in [2.75, 3.05) is 32.8 Å². The predicted molar refractivity (Wildman–Crippen MR) is 130 cm³/mol. The molecule has 0 radical (unpaired) electrons. The van der Waals surface area contributed by atoms with Crippen LogP contribution in [0.25, 0.3) is 11.1 Å². The largest absolute Gasteiger partial charge is 0.486 e. The lowest BCUT2D eigenvalue weighted by atomic mass is 10.0. The predicted octanol–water partition coefficient (Wildman–Crippen LogP) is 4.56. The molecule has 0 bridgehead atoms. The van der Waals surface area contributed by atoms with Crippen LogP contribution in [-0.2, 0) is 6.42 Å². The van der Waals surface area contributed by atoms with Crippen LogP contribution >= 0.6 is 0 Å². The molecule has 0 aliphatic carbocycles. The van der Waals surface area contributed by atoms with Crippen LogP contribution in [0, 0.1) is 0 Å². The smallest absolute Gasteiger partial charge is 0.251 e. The fourth-order valence-corrected chi connectivity index (χ4v) is 4.65. The van der Waals surface area contributed by atoms with Gasteiger partial charge in [0.25, 0.3) is 5.91 Å². The molecule has 1 atom stereocenters. The molecule has 1 fully saturated rings. The minimum Gasteiger partial charge on any atom is -0.486 e. The van der Waals surface area contributed by atoms with Crippen molar-refractivity contribution >= 4 is 5.91 Å². The molecule has 2 aliphatic heterocycles. The van der Waals surface area contributed by atoms with Gasteiger partial charge in [-0.25, -0.2) is 0 Å². The van der Waals surface area contributed by atoms with Gasteiger partial charge in [0.2, 0.25) is 0 Å². The van der Waals surface area contributed by atoms with Gasteiger partial charge in [0.05, 0.1) is 0 Å².